The molecule has 5 nitrogen and oxygen atoms in total. The summed E-state index contributed by atoms with van der Waals surface area (Å²) in [4.78, 5) is 25.9. The molecule has 2 rings (SSSR count). The van der Waals surface area contributed by atoms with Crippen molar-refractivity contribution in [3.8, 4) is 0 Å². The van der Waals surface area contributed by atoms with E-state index in [0.29, 0.717) is 11.6 Å². The Morgan fingerprint density at radius 1 is 1.56 bits per heavy atom. The molecule has 1 aliphatic carbocycles. The Kier molecular flexibility index (Phi) is 3.19. The first-order valence-electron chi connectivity index (χ1n) is 5.12. The van der Waals surface area contributed by atoms with Crippen LogP contribution in [0.3, 0.4) is 0 Å². The Hall–Kier alpha value is -1.43. The zero-order valence-corrected chi connectivity index (χ0v) is 9.42. The number of hydrogen-bond donors (Lipinski definition) is 2. The van der Waals surface area contributed by atoms with Crippen LogP contribution >= 0.6 is 11.3 Å². The average molecular weight is 240 g/mol. The number of nitrogens with zero attached hydrogens (tertiary/aromatic N) is 1. The van der Waals surface area contributed by atoms with Crippen LogP contribution in [0.4, 0.5) is 5.13 Å². The predicted molar refractivity (Wildman–Crippen MR) is 59.4 cm³/mol. The van der Waals surface area contributed by atoms with Crippen LogP contribution in [0.5, 0.6) is 0 Å². The van der Waals surface area contributed by atoms with Crippen LogP contribution in [0.25, 0.3) is 0 Å². The highest BCUT2D eigenvalue weighted by Gasteiger charge is 2.30. The maximum Gasteiger partial charge on any atom is 0.303 e. The van der Waals surface area contributed by atoms with Gasteiger partial charge in [-0.2, -0.15) is 0 Å². The maximum absolute atomic E-state index is 11.4. The van der Waals surface area contributed by atoms with Gasteiger partial charge >= 0.3 is 5.97 Å². The fourth-order valence-corrected chi connectivity index (χ4v) is 2.01. The van der Waals surface area contributed by atoms with Gasteiger partial charge in [0.25, 0.3) is 0 Å². The molecule has 2 N–H and O–H groups in total. The normalized spacial score (nSPS) is 14.8. The summed E-state index contributed by atoms with van der Waals surface area (Å²) in [5, 5.41) is 13.6. The van der Waals surface area contributed by atoms with E-state index in [9.17, 15) is 9.59 Å². The van der Waals surface area contributed by atoms with Crippen molar-refractivity contribution < 1.29 is 14.7 Å². The lowest BCUT2D eigenvalue weighted by Crippen LogP contribution is -2.13. The van der Waals surface area contributed by atoms with E-state index in [4.69, 9.17) is 5.11 Å². The van der Waals surface area contributed by atoms with Crippen LogP contribution in [-0.2, 0) is 16.0 Å². The molecule has 1 aliphatic rings. The fourth-order valence-electron chi connectivity index (χ4n) is 1.27. The van der Waals surface area contributed by atoms with Gasteiger partial charge in [0.15, 0.2) is 5.13 Å². The summed E-state index contributed by atoms with van der Waals surface area (Å²) in [6.45, 7) is 0. The average Bonchev–Trinajstić information content (AvgIpc) is 2.98. The molecule has 1 saturated carbocycles. The highest BCUT2D eigenvalue weighted by atomic mass is 32.1. The molecule has 6 heteroatoms. The van der Waals surface area contributed by atoms with Crippen LogP contribution < -0.4 is 5.32 Å². The summed E-state index contributed by atoms with van der Waals surface area (Å²) in [6, 6.07) is 0. The standard InChI is InChI=1S/C10H12N2O3S/c13-8(14)4-3-7-5-16-10(11-7)12-9(15)6-1-2-6/h5-6H,1-4H2,(H,13,14)(H,11,12,15). The van der Waals surface area contributed by atoms with E-state index in [-0.39, 0.29) is 18.2 Å². The molecular formula is C10H12N2O3S. The lowest BCUT2D eigenvalue weighted by molar-refractivity contribution is -0.137. The number of anilines is 1. The highest BCUT2D eigenvalue weighted by molar-refractivity contribution is 7.13. The second-order valence-electron chi connectivity index (χ2n) is 3.80. The van der Waals surface area contributed by atoms with Gasteiger partial charge in [-0.1, -0.05) is 0 Å². The van der Waals surface area contributed by atoms with Gasteiger partial charge in [-0.25, -0.2) is 4.98 Å². The van der Waals surface area contributed by atoms with Crippen molar-refractivity contribution in [2.75, 3.05) is 5.32 Å². The van der Waals surface area contributed by atoms with Crippen LogP contribution in [0.2, 0.25) is 0 Å². The Balaban J connectivity index is 1.86. The Labute approximate surface area is 96.5 Å². The molecular weight excluding hydrogens is 228 g/mol. The minimum Gasteiger partial charge on any atom is -0.481 e. The Bertz CT molecular complexity index is 412. The van der Waals surface area contributed by atoms with Gasteiger partial charge in [-0.05, 0) is 12.8 Å². The monoisotopic (exact) mass is 240 g/mol. The fraction of sp³-hybridized carbons (Fsp3) is 0.500. The van der Waals surface area contributed by atoms with E-state index >= 15 is 0 Å². The zero-order chi connectivity index (χ0) is 11.5. The molecule has 1 heterocycles. The molecule has 1 aromatic rings. The van der Waals surface area contributed by atoms with Gasteiger partial charge in [0, 0.05) is 17.7 Å². The number of rotatable bonds is 5. The van der Waals surface area contributed by atoms with E-state index in [1.54, 1.807) is 5.38 Å². The van der Waals surface area contributed by atoms with Crippen molar-refractivity contribution in [2.24, 2.45) is 5.92 Å². The summed E-state index contributed by atoms with van der Waals surface area (Å²) >= 11 is 1.34. The highest BCUT2D eigenvalue weighted by Crippen LogP contribution is 2.30. The van der Waals surface area contributed by atoms with E-state index in [2.05, 4.69) is 10.3 Å². The Morgan fingerprint density at radius 2 is 2.31 bits per heavy atom. The van der Waals surface area contributed by atoms with E-state index in [1.807, 2.05) is 0 Å². The molecule has 16 heavy (non-hydrogen) atoms. The van der Waals surface area contributed by atoms with Crippen molar-refractivity contribution >= 4 is 28.3 Å². The van der Waals surface area contributed by atoms with Crippen LogP contribution in [0.15, 0.2) is 5.38 Å². The number of aromatic nitrogens is 1. The second kappa shape index (κ2) is 4.61. The van der Waals surface area contributed by atoms with Crippen molar-refractivity contribution in [3.05, 3.63) is 11.1 Å². The number of carbonyl (C=O) groups is 2. The number of carboxylic acids is 1. The molecule has 0 radical (unpaired) electrons. The molecule has 0 aromatic carbocycles. The number of carboxylic acid groups (broad SMARTS) is 1. The van der Waals surface area contributed by atoms with E-state index in [1.165, 1.54) is 11.3 Å². The second-order valence-corrected chi connectivity index (χ2v) is 4.66. The van der Waals surface area contributed by atoms with Crippen LogP contribution in [0.1, 0.15) is 25.0 Å². The SMILES string of the molecule is O=C(O)CCc1csc(NC(=O)C2CC2)n1. The number of amides is 1. The lowest BCUT2D eigenvalue weighted by Gasteiger charge is -1.97. The number of aliphatic carboxylic acids is 1. The molecule has 1 aromatic heterocycles. The molecule has 1 fully saturated rings. The minimum atomic E-state index is -0.837. The number of carbonyl (C=O) groups excluding carboxylic acids is 1. The third-order valence-electron chi connectivity index (χ3n) is 2.33. The molecule has 1 amide bonds. The van der Waals surface area contributed by atoms with Gasteiger partial charge in [0.1, 0.15) is 0 Å². The largest absolute Gasteiger partial charge is 0.481 e. The number of aryl methyl sites for hydroxylation is 1. The third kappa shape index (κ3) is 3.03. The third-order valence-corrected chi connectivity index (χ3v) is 3.13. The lowest BCUT2D eigenvalue weighted by atomic mass is 10.2. The summed E-state index contributed by atoms with van der Waals surface area (Å²) < 4.78 is 0. The van der Waals surface area contributed by atoms with Gasteiger partial charge in [-0.15, -0.1) is 11.3 Å². The van der Waals surface area contributed by atoms with E-state index in [0.717, 1.165) is 18.5 Å². The van der Waals surface area contributed by atoms with Crippen molar-refractivity contribution in [1.29, 1.82) is 0 Å². The smallest absolute Gasteiger partial charge is 0.303 e. The van der Waals surface area contributed by atoms with Gasteiger partial charge < -0.3 is 10.4 Å². The first-order chi connectivity index (χ1) is 7.65. The van der Waals surface area contributed by atoms with Crippen molar-refractivity contribution in [1.82, 2.24) is 4.98 Å². The quantitative estimate of drug-likeness (QED) is 0.817. The van der Waals surface area contributed by atoms with Crippen molar-refractivity contribution in [3.63, 3.8) is 0 Å². The van der Waals surface area contributed by atoms with Crippen LogP contribution in [-0.4, -0.2) is 22.0 Å². The first kappa shape index (κ1) is 11.1. The molecule has 0 bridgehead atoms. The predicted octanol–water partition coefficient (Wildman–Crippen LogP) is 1.51. The topological polar surface area (TPSA) is 79.3 Å². The number of nitrogens with one attached hydrogen (secondary N) is 1. The molecule has 0 aliphatic heterocycles. The van der Waals surface area contributed by atoms with Gasteiger partial charge in [0.05, 0.1) is 12.1 Å². The molecule has 0 unspecified atom stereocenters. The summed E-state index contributed by atoms with van der Waals surface area (Å²) in [7, 11) is 0. The first-order valence-corrected chi connectivity index (χ1v) is 6.00. The molecule has 0 spiro atoms. The summed E-state index contributed by atoms with van der Waals surface area (Å²) in [6.07, 6.45) is 2.40. The molecule has 0 atom stereocenters. The van der Waals surface area contributed by atoms with Gasteiger partial charge in [-0.3, -0.25) is 9.59 Å². The Morgan fingerprint density at radius 3 is 2.94 bits per heavy atom. The summed E-state index contributed by atoms with van der Waals surface area (Å²) in [5.41, 5.74) is 0.721. The maximum atomic E-state index is 11.4. The zero-order valence-electron chi connectivity index (χ0n) is 8.60. The number of hydrogen-bond acceptors (Lipinski definition) is 4. The number of thiazole rings is 1. The molecule has 0 saturated heterocycles. The van der Waals surface area contributed by atoms with Crippen molar-refractivity contribution in [2.45, 2.75) is 25.7 Å². The van der Waals surface area contributed by atoms with Gasteiger partial charge in [0.2, 0.25) is 5.91 Å². The van der Waals surface area contributed by atoms with Crippen LogP contribution in [0, 0.1) is 5.92 Å². The minimum absolute atomic E-state index is 0.0270. The van der Waals surface area contributed by atoms with E-state index < -0.39 is 5.97 Å². The molecule has 86 valence electrons. The summed E-state index contributed by atoms with van der Waals surface area (Å²) in [5.74, 6) is -0.651.